The van der Waals surface area contributed by atoms with Gasteiger partial charge >= 0.3 is 11.9 Å². The van der Waals surface area contributed by atoms with Gasteiger partial charge in [0.05, 0.1) is 11.5 Å². The molecule has 0 radical (unpaired) electrons. The van der Waals surface area contributed by atoms with Crippen molar-refractivity contribution in [1.82, 2.24) is 0 Å². The van der Waals surface area contributed by atoms with Gasteiger partial charge in [0, 0.05) is 10.5 Å². The third kappa shape index (κ3) is 4.99. The van der Waals surface area contributed by atoms with E-state index in [1.54, 1.807) is 49.9 Å². The molecule has 4 nitrogen and oxygen atoms in total. The molecule has 0 aliphatic rings. The fourth-order valence-corrected chi connectivity index (χ4v) is 2.84. The Bertz CT molecular complexity index is 793. The Morgan fingerprint density at radius 3 is 2.12 bits per heavy atom. The summed E-state index contributed by atoms with van der Waals surface area (Å²) in [6.45, 7) is 3.40. The highest BCUT2D eigenvalue weighted by molar-refractivity contribution is 7.98. The molecule has 0 unspecified atom stereocenters. The van der Waals surface area contributed by atoms with Crippen LogP contribution in [-0.4, -0.2) is 29.9 Å². The van der Waals surface area contributed by atoms with Crippen LogP contribution in [0, 0.1) is 5.92 Å². The number of benzene rings is 2. The van der Waals surface area contributed by atoms with Gasteiger partial charge in [-0.2, -0.15) is 0 Å². The van der Waals surface area contributed by atoms with Gasteiger partial charge in [-0.05, 0) is 29.5 Å². The zero-order valence-corrected chi connectivity index (χ0v) is 15.9. The van der Waals surface area contributed by atoms with Gasteiger partial charge in [-0.3, -0.25) is 4.79 Å². The molecule has 0 atom stereocenters. The van der Waals surface area contributed by atoms with Crippen LogP contribution in [0.4, 0.5) is 0 Å². The number of carbonyl (C=O) groups excluding carboxylic acids is 1. The summed E-state index contributed by atoms with van der Waals surface area (Å²) in [5.41, 5.74) is 1.91. The topological polar surface area (TPSA) is 63.6 Å². The molecule has 2 aromatic rings. The monoisotopic (exact) mass is 370 g/mol. The first-order chi connectivity index (χ1) is 12.4. The Balaban J connectivity index is 2.55. The van der Waals surface area contributed by atoms with E-state index in [4.69, 9.17) is 4.74 Å². The predicted molar refractivity (Wildman–Crippen MR) is 105 cm³/mol. The quantitative estimate of drug-likeness (QED) is 0.334. The van der Waals surface area contributed by atoms with Crippen molar-refractivity contribution >= 4 is 34.8 Å². The maximum atomic E-state index is 12.0. The van der Waals surface area contributed by atoms with Crippen LogP contribution in [0.3, 0.4) is 0 Å². The first-order valence-corrected chi connectivity index (χ1v) is 9.49. The molecule has 0 spiro atoms. The molecule has 1 N–H and O–H groups in total. The number of carboxylic acids is 1. The van der Waals surface area contributed by atoms with Gasteiger partial charge in [0.1, 0.15) is 6.61 Å². The fourth-order valence-electron chi connectivity index (χ4n) is 2.43. The molecule has 0 heterocycles. The molecule has 26 heavy (non-hydrogen) atoms. The van der Waals surface area contributed by atoms with Gasteiger partial charge in [-0.15, -0.1) is 11.8 Å². The standard InChI is InChI=1S/C21H22O4S/c1-14(2)21(24)25-13-18(15-9-11-17(26-3)12-10-15)19(20(22)23)16-7-5-4-6-8-16/h4-12,14H,13H2,1-3H3,(H,22,23)/b19-18+. The third-order valence-electron chi connectivity index (χ3n) is 3.85. The van der Waals surface area contributed by atoms with Gasteiger partial charge < -0.3 is 9.84 Å². The normalized spacial score (nSPS) is 11.8. The number of esters is 1. The van der Waals surface area contributed by atoms with E-state index in [-0.39, 0.29) is 24.1 Å². The van der Waals surface area contributed by atoms with Crippen LogP contribution in [0.1, 0.15) is 25.0 Å². The van der Waals surface area contributed by atoms with Crippen molar-refractivity contribution in [2.45, 2.75) is 18.7 Å². The smallest absolute Gasteiger partial charge is 0.336 e. The SMILES string of the molecule is CSc1ccc(/C(COC(=O)C(C)C)=C(/C(=O)O)c2ccccc2)cc1. The fraction of sp³-hybridized carbons (Fsp3) is 0.238. The van der Waals surface area contributed by atoms with Crippen LogP contribution in [0.5, 0.6) is 0 Å². The number of hydrogen-bond acceptors (Lipinski definition) is 4. The third-order valence-corrected chi connectivity index (χ3v) is 4.59. The summed E-state index contributed by atoms with van der Waals surface area (Å²) in [5, 5.41) is 9.83. The second kappa shape index (κ2) is 9.25. The van der Waals surface area contributed by atoms with Gasteiger partial charge in [0.2, 0.25) is 0 Å². The molecule has 2 aromatic carbocycles. The summed E-state index contributed by atoms with van der Waals surface area (Å²) in [4.78, 5) is 25.0. The Labute approximate surface area is 157 Å². The van der Waals surface area contributed by atoms with Gasteiger partial charge in [0.25, 0.3) is 0 Å². The molecule has 5 heteroatoms. The molecule has 2 rings (SSSR count). The van der Waals surface area contributed by atoms with Crippen LogP contribution in [0.2, 0.25) is 0 Å². The number of rotatable bonds is 7. The Kier molecular flexibility index (Phi) is 7.04. The summed E-state index contributed by atoms with van der Waals surface area (Å²) in [5.74, 6) is -1.69. The summed E-state index contributed by atoms with van der Waals surface area (Å²) < 4.78 is 5.36. The summed E-state index contributed by atoms with van der Waals surface area (Å²) in [6, 6.07) is 16.4. The van der Waals surface area contributed by atoms with Crippen molar-refractivity contribution in [1.29, 1.82) is 0 Å². The Hall–Kier alpha value is -2.53. The highest BCUT2D eigenvalue weighted by Gasteiger charge is 2.20. The number of thioether (sulfide) groups is 1. The molecule has 136 valence electrons. The molecule has 0 bridgehead atoms. The Morgan fingerprint density at radius 2 is 1.62 bits per heavy atom. The molecule has 0 aliphatic heterocycles. The van der Waals surface area contributed by atoms with Crippen LogP contribution in [0.15, 0.2) is 59.5 Å². The number of carbonyl (C=O) groups is 2. The molecule has 0 saturated heterocycles. The minimum atomic E-state index is -1.05. The van der Waals surface area contributed by atoms with Crippen molar-refractivity contribution in [2.75, 3.05) is 12.9 Å². The first kappa shape index (κ1) is 19.8. The van der Waals surface area contributed by atoms with Crippen molar-refractivity contribution in [3.8, 4) is 0 Å². The van der Waals surface area contributed by atoms with E-state index in [9.17, 15) is 14.7 Å². The molecule has 0 amide bonds. The largest absolute Gasteiger partial charge is 0.478 e. The van der Waals surface area contributed by atoms with E-state index in [1.807, 2.05) is 36.6 Å². The van der Waals surface area contributed by atoms with Crippen LogP contribution in [0.25, 0.3) is 11.1 Å². The summed E-state index contributed by atoms with van der Waals surface area (Å²) in [7, 11) is 0. The predicted octanol–water partition coefficient (Wildman–Crippen LogP) is 4.60. The van der Waals surface area contributed by atoms with E-state index >= 15 is 0 Å². The van der Waals surface area contributed by atoms with Crippen LogP contribution < -0.4 is 0 Å². The summed E-state index contributed by atoms with van der Waals surface area (Å²) >= 11 is 1.60. The van der Waals surface area contributed by atoms with Crippen molar-refractivity contribution in [2.24, 2.45) is 5.92 Å². The zero-order valence-electron chi connectivity index (χ0n) is 15.1. The lowest BCUT2D eigenvalue weighted by atomic mass is 9.95. The first-order valence-electron chi connectivity index (χ1n) is 8.27. The minimum Gasteiger partial charge on any atom is -0.478 e. The lowest BCUT2D eigenvalue weighted by Gasteiger charge is -2.15. The summed E-state index contributed by atoms with van der Waals surface area (Å²) in [6.07, 6.45) is 1.98. The van der Waals surface area contributed by atoms with Crippen molar-refractivity contribution < 1.29 is 19.4 Å². The lowest BCUT2D eigenvalue weighted by Crippen LogP contribution is -2.15. The van der Waals surface area contributed by atoms with Crippen LogP contribution >= 0.6 is 11.8 Å². The minimum absolute atomic E-state index is 0.0911. The van der Waals surface area contributed by atoms with E-state index < -0.39 is 5.97 Å². The number of aliphatic carboxylic acids is 1. The number of hydrogen-bond donors (Lipinski definition) is 1. The van der Waals surface area contributed by atoms with Gasteiger partial charge in [-0.1, -0.05) is 56.3 Å². The zero-order chi connectivity index (χ0) is 19.1. The molecule has 0 aromatic heterocycles. The van der Waals surface area contributed by atoms with E-state index in [0.29, 0.717) is 11.1 Å². The average Bonchev–Trinajstić information content (AvgIpc) is 2.65. The number of carboxylic acid groups (broad SMARTS) is 1. The van der Waals surface area contributed by atoms with Crippen molar-refractivity contribution in [3.63, 3.8) is 0 Å². The van der Waals surface area contributed by atoms with Gasteiger partial charge in [0.15, 0.2) is 0 Å². The van der Waals surface area contributed by atoms with E-state index in [1.165, 1.54) is 0 Å². The molecular weight excluding hydrogens is 348 g/mol. The maximum Gasteiger partial charge on any atom is 0.336 e. The number of ether oxygens (including phenoxy) is 1. The Morgan fingerprint density at radius 1 is 1.00 bits per heavy atom. The van der Waals surface area contributed by atoms with E-state index in [2.05, 4.69) is 0 Å². The second-order valence-electron chi connectivity index (χ2n) is 6.02. The highest BCUT2D eigenvalue weighted by Crippen LogP contribution is 2.29. The highest BCUT2D eigenvalue weighted by atomic mass is 32.2. The molecule has 0 saturated carbocycles. The maximum absolute atomic E-state index is 12.0. The van der Waals surface area contributed by atoms with Crippen molar-refractivity contribution in [3.05, 3.63) is 65.7 Å². The van der Waals surface area contributed by atoms with Crippen LogP contribution in [-0.2, 0) is 14.3 Å². The average molecular weight is 370 g/mol. The molecular formula is C21H22O4S. The van der Waals surface area contributed by atoms with E-state index in [0.717, 1.165) is 10.5 Å². The second-order valence-corrected chi connectivity index (χ2v) is 6.90. The molecule has 0 aliphatic carbocycles. The lowest BCUT2D eigenvalue weighted by molar-refractivity contribution is -0.145. The van der Waals surface area contributed by atoms with Gasteiger partial charge in [-0.25, -0.2) is 4.79 Å². The molecule has 0 fully saturated rings.